The van der Waals surface area contributed by atoms with E-state index in [0.29, 0.717) is 19.4 Å². The molecule has 0 unspecified atom stereocenters. The minimum Gasteiger partial charge on any atom is -0.461 e. The van der Waals surface area contributed by atoms with Crippen LogP contribution in [0.4, 0.5) is 4.79 Å². The number of likely N-dealkylation sites (tertiary alicyclic amines) is 2. The first-order valence-corrected chi connectivity index (χ1v) is 15.3. The maximum absolute atomic E-state index is 13.6. The number of nitrogens with one attached hydrogen (secondary N) is 2. The molecule has 0 aromatic heterocycles. The van der Waals surface area contributed by atoms with Gasteiger partial charge in [-0.1, -0.05) is 60.7 Å². The highest BCUT2D eigenvalue weighted by Crippen LogP contribution is 2.25. The monoisotopic (exact) mass is 606 g/mol. The van der Waals surface area contributed by atoms with Crippen molar-refractivity contribution in [2.45, 2.75) is 82.7 Å². The van der Waals surface area contributed by atoms with Crippen LogP contribution in [0.1, 0.15) is 50.7 Å². The van der Waals surface area contributed by atoms with Crippen molar-refractivity contribution in [3.63, 3.8) is 0 Å². The fraction of sp³-hybridized carbons (Fsp3) is 0.485. The molecule has 236 valence electrons. The van der Waals surface area contributed by atoms with Gasteiger partial charge in [0.15, 0.2) is 6.10 Å². The number of Topliss-reactive ketones (excluding diaryl/α,β-unsaturated/α-hetero) is 1. The standard InChI is InChI=1S/C33H42N4O7/c1-22(2)44-32(42)29(39)28(21-24-12-7-4-8-13-24)37-17-9-14-27(37)31(41)35-30(40)26(20-23-10-5-3-6-11-23)34-33(43)36-18-15-25(38)16-19-36/h3-8,10-13,22,26-29,39H,9,14-21H2,1-2H3,(H,34,43)(H,35,40,41)/t26-,27-,28-,29+/m0/s1. The fourth-order valence-electron chi connectivity index (χ4n) is 5.74. The Morgan fingerprint density at radius 3 is 2.09 bits per heavy atom. The van der Waals surface area contributed by atoms with Crippen LogP contribution in [0, 0.1) is 0 Å². The van der Waals surface area contributed by atoms with Gasteiger partial charge in [0.2, 0.25) is 11.8 Å². The highest BCUT2D eigenvalue weighted by molar-refractivity contribution is 6.01. The average Bonchev–Trinajstić information content (AvgIpc) is 3.50. The number of piperidine rings is 1. The molecule has 2 aliphatic heterocycles. The smallest absolute Gasteiger partial charge is 0.336 e. The predicted molar refractivity (Wildman–Crippen MR) is 162 cm³/mol. The van der Waals surface area contributed by atoms with Crippen molar-refractivity contribution in [3.8, 4) is 0 Å². The van der Waals surface area contributed by atoms with Crippen LogP contribution in [0.2, 0.25) is 0 Å². The normalized spacial score (nSPS) is 19.2. The number of ketones is 1. The lowest BCUT2D eigenvalue weighted by Gasteiger charge is -2.35. The van der Waals surface area contributed by atoms with Gasteiger partial charge in [0, 0.05) is 32.4 Å². The van der Waals surface area contributed by atoms with Crippen molar-refractivity contribution in [1.29, 1.82) is 0 Å². The van der Waals surface area contributed by atoms with Gasteiger partial charge in [0.1, 0.15) is 11.8 Å². The number of aliphatic hydroxyl groups excluding tert-OH is 1. The first kappa shape index (κ1) is 32.8. The molecule has 0 saturated carbocycles. The van der Waals surface area contributed by atoms with Crippen molar-refractivity contribution in [2.75, 3.05) is 19.6 Å². The number of carbonyl (C=O) groups is 5. The third-order valence-corrected chi connectivity index (χ3v) is 8.02. The summed E-state index contributed by atoms with van der Waals surface area (Å²) >= 11 is 0. The lowest BCUT2D eigenvalue weighted by atomic mass is 9.98. The summed E-state index contributed by atoms with van der Waals surface area (Å²) < 4.78 is 5.30. The number of aliphatic hydroxyl groups is 1. The Balaban J connectivity index is 1.50. The molecule has 2 saturated heterocycles. The van der Waals surface area contributed by atoms with Gasteiger partial charge in [0.05, 0.1) is 18.2 Å². The molecule has 4 amide bonds. The molecule has 3 N–H and O–H groups in total. The van der Waals surface area contributed by atoms with Crippen LogP contribution >= 0.6 is 0 Å². The Morgan fingerprint density at radius 1 is 0.909 bits per heavy atom. The number of rotatable bonds is 11. The summed E-state index contributed by atoms with van der Waals surface area (Å²) in [6, 6.07) is 15.5. The SMILES string of the molecule is CC(C)OC(=O)[C@H](O)[C@H](Cc1ccccc1)N1CCC[C@H]1C(=O)NC(=O)[C@H](Cc1ccccc1)NC(=O)N1CCC(=O)CC1. The molecular formula is C33H42N4O7. The van der Waals surface area contributed by atoms with Crippen LogP contribution in [0.5, 0.6) is 0 Å². The maximum atomic E-state index is 13.6. The van der Waals surface area contributed by atoms with E-state index in [1.54, 1.807) is 18.7 Å². The molecule has 2 aliphatic rings. The minimum atomic E-state index is -1.51. The number of hydrogen-bond donors (Lipinski definition) is 3. The zero-order chi connectivity index (χ0) is 31.6. The van der Waals surface area contributed by atoms with E-state index in [1.807, 2.05) is 60.7 Å². The molecule has 0 aliphatic carbocycles. The predicted octanol–water partition coefficient (Wildman–Crippen LogP) is 2.00. The van der Waals surface area contributed by atoms with Gasteiger partial charge in [-0.15, -0.1) is 0 Å². The lowest BCUT2D eigenvalue weighted by Crippen LogP contribution is -2.58. The number of imide groups is 1. The second-order valence-corrected chi connectivity index (χ2v) is 11.7. The Morgan fingerprint density at radius 2 is 1.50 bits per heavy atom. The lowest BCUT2D eigenvalue weighted by molar-refractivity contribution is -0.162. The van der Waals surface area contributed by atoms with Gasteiger partial charge in [-0.25, -0.2) is 9.59 Å². The molecule has 2 fully saturated rings. The van der Waals surface area contributed by atoms with E-state index < -0.39 is 54.1 Å². The average molecular weight is 607 g/mol. The molecular weight excluding hydrogens is 564 g/mol. The highest BCUT2D eigenvalue weighted by Gasteiger charge is 2.42. The van der Waals surface area contributed by atoms with Crippen molar-refractivity contribution >= 4 is 29.6 Å². The molecule has 44 heavy (non-hydrogen) atoms. The van der Waals surface area contributed by atoms with E-state index in [4.69, 9.17) is 4.74 Å². The summed E-state index contributed by atoms with van der Waals surface area (Å²) in [6.45, 7) is 4.37. The Kier molecular flexibility index (Phi) is 11.6. The molecule has 4 rings (SSSR count). The van der Waals surface area contributed by atoms with Crippen LogP contribution in [0.15, 0.2) is 60.7 Å². The van der Waals surface area contributed by atoms with Crippen molar-refractivity contribution in [2.24, 2.45) is 0 Å². The summed E-state index contributed by atoms with van der Waals surface area (Å²) in [5.74, 6) is -1.90. The second kappa shape index (κ2) is 15.6. The van der Waals surface area contributed by atoms with E-state index in [2.05, 4.69) is 10.6 Å². The van der Waals surface area contributed by atoms with Crippen LogP contribution in [0.25, 0.3) is 0 Å². The number of carbonyl (C=O) groups excluding carboxylic acids is 5. The molecule has 4 atom stereocenters. The third kappa shape index (κ3) is 8.96. The van der Waals surface area contributed by atoms with E-state index in [-0.39, 0.29) is 44.6 Å². The maximum Gasteiger partial charge on any atom is 0.336 e. The van der Waals surface area contributed by atoms with E-state index in [1.165, 1.54) is 4.90 Å². The topological polar surface area (TPSA) is 145 Å². The second-order valence-electron chi connectivity index (χ2n) is 11.7. The summed E-state index contributed by atoms with van der Waals surface area (Å²) in [5, 5.41) is 16.4. The summed E-state index contributed by atoms with van der Waals surface area (Å²) in [4.78, 5) is 68.0. The molecule has 11 nitrogen and oxygen atoms in total. The Hall–Kier alpha value is -4.09. The number of hydrogen-bond acceptors (Lipinski definition) is 8. The molecule has 2 heterocycles. The summed E-state index contributed by atoms with van der Waals surface area (Å²) in [5.41, 5.74) is 1.67. The Bertz CT molecular complexity index is 1290. The van der Waals surface area contributed by atoms with Gasteiger partial charge >= 0.3 is 12.0 Å². The van der Waals surface area contributed by atoms with Crippen molar-refractivity contribution < 1.29 is 33.8 Å². The highest BCUT2D eigenvalue weighted by atomic mass is 16.6. The number of urea groups is 1. The number of ether oxygens (including phenoxy) is 1. The molecule has 11 heteroatoms. The summed E-state index contributed by atoms with van der Waals surface area (Å²) in [6.07, 6.45) is 0.0887. The molecule has 0 radical (unpaired) electrons. The van der Waals surface area contributed by atoms with Gasteiger partial charge in [-0.3, -0.25) is 24.6 Å². The number of esters is 1. The zero-order valence-corrected chi connectivity index (χ0v) is 25.3. The van der Waals surface area contributed by atoms with E-state index in [9.17, 15) is 29.1 Å². The molecule has 2 aromatic carbocycles. The molecule has 0 bridgehead atoms. The van der Waals surface area contributed by atoms with Crippen molar-refractivity contribution in [1.82, 2.24) is 20.4 Å². The molecule has 0 spiro atoms. The van der Waals surface area contributed by atoms with Crippen LogP contribution in [-0.2, 0) is 36.8 Å². The summed E-state index contributed by atoms with van der Waals surface area (Å²) in [7, 11) is 0. The van der Waals surface area contributed by atoms with Gasteiger partial charge in [-0.2, -0.15) is 0 Å². The van der Waals surface area contributed by atoms with Crippen LogP contribution in [0.3, 0.4) is 0 Å². The first-order chi connectivity index (χ1) is 21.1. The van der Waals surface area contributed by atoms with Crippen LogP contribution < -0.4 is 10.6 Å². The van der Waals surface area contributed by atoms with Crippen LogP contribution in [-0.4, -0.2) is 94.5 Å². The van der Waals surface area contributed by atoms with E-state index in [0.717, 1.165) is 11.1 Å². The first-order valence-electron chi connectivity index (χ1n) is 15.3. The van der Waals surface area contributed by atoms with E-state index >= 15 is 0 Å². The van der Waals surface area contributed by atoms with Gasteiger partial charge in [0.25, 0.3) is 0 Å². The van der Waals surface area contributed by atoms with Gasteiger partial charge in [-0.05, 0) is 50.8 Å². The fourth-order valence-corrected chi connectivity index (χ4v) is 5.74. The molecule has 2 aromatic rings. The zero-order valence-electron chi connectivity index (χ0n) is 25.3. The Labute approximate surface area is 257 Å². The number of amides is 4. The number of benzene rings is 2. The largest absolute Gasteiger partial charge is 0.461 e. The van der Waals surface area contributed by atoms with Crippen molar-refractivity contribution in [3.05, 3.63) is 71.8 Å². The van der Waals surface area contributed by atoms with Gasteiger partial charge < -0.3 is 20.1 Å². The number of nitrogens with zero attached hydrogens (tertiary/aromatic N) is 2. The third-order valence-electron chi connectivity index (χ3n) is 8.02. The minimum absolute atomic E-state index is 0.0903. The quantitative estimate of drug-likeness (QED) is 0.330.